The second kappa shape index (κ2) is 10.9. The van der Waals surface area contributed by atoms with Crippen molar-refractivity contribution in [2.45, 2.75) is 19.8 Å². The molecule has 0 unspecified atom stereocenters. The van der Waals surface area contributed by atoms with Crippen LogP contribution in [-0.4, -0.2) is 49.0 Å². The van der Waals surface area contributed by atoms with Crippen LogP contribution in [0.5, 0.6) is 11.5 Å². The lowest BCUT2D eigenvalue weighted by molar-refractivity contribution is -0.125. The second-order valence-corrected chi connectivity index (χ2v) is 8.51. The standard InChI is InChI=1S/C24H28N4O3S/c1-2-30-19-5-7-20(8-6-19)31-16-13-25-24(29)18-11-14-28(15-12-18)23-10-9-21(26-27-23)22-4-3-17-32-22/h3-10,17-18H,2,11-16H2,1H3,(H,25,29). The van der Waals surface area contributed by atoms with Crippen molar-refractivity contribution in [3.8, 4) is 22.1 Å². The lowest BCUT2D eigenvalue weighted by Gasteiger charge is -2.31. The first-order valence-electron chi connectivity index (χ1n) is 11.0. The molecule has 0 atom stereocenters. The molecular formula is C24H28N4O3S. The number of amides is 1. The van der Waals surface area contributed by atoms with E-state index in [4.69, 9.17) is 9.47 Å². The average molecular weight is 453 g/mol. The van der Waals surface area contributed by atoms with Gasteiger partial charge in [0, 0.05) is 19.0 Å². The zero-order valence-corrected chi connectivity index (χ0v) is 19.0. The molecule has 8 heteroatoms. The number of benzene rings is 1. The molecule has 2 aromatic heterocycles. The number of nitrogens with one attached hydrogen (secondary N) is 1. The highest BCUT2D eigenvalue weighted by atomic mass is 32.1. The molecule has 3 aromatic rings. The molecule has 1 aromatic carbocycles. The van der Waals surface area contributed by atoms with Gasteiger partial charge in [0.2, 0.25) is 5.91 Å². The monoisotopic (exact) mass is 452 g/mol. The minimum Gasteiger partial charge on any atom is -0.494 e. The van der Waals surface area contributed by atoms with Gasteiger partial charge in [-0.1, -0.05) is 6.07 Å². The Kier molecular flexibility index (Phi) is 7.55. The molecule has 0 aliphatic carbocycles. The van der Waals surface area contributed by atoms with Crippen LogP contribution in [0.3, 0.4) is 0 Å². The fourth-order valence-electron chi connectivity index (χ4n) is 3.71. The fourth-order valence-corrected chi connectivity index (χ4v) is 4.40. The van der Waals surface area contributed by atoms with E-state index in [0.29, 0.717) is 19.8 Å². The summed E-state index contributed by atoms with van der Waals surface area (Å²) in [7, 11) is 0. The molecule has 0 saturated carbocycles. The zero-order chi connectivity index (χ0) is 22.2. The topological polar surface area (TPSA) is 76.6 Å². The molecule has 3 heterocycles. The molecule has 32 heavy (non-hydrogen) atoms. The first-order valence-corrected chi connectivity index (χ1v) is 11.9. The first kappa shape index (κ1) is 22.1. The summed E-state index contributed by atoms with van der Waals surface area (Å²) >= 11 is 1.66. The Morgan fingerprint density at radius 2 is 1.81 bits per heavy atom. The van der Waals surface area contributed by atoms with E-state index < -0.39 is 0 Å². The van der Waals surface area contributed by atoms with Gasteiger partial charge in [0.1, 0.15) is 23.8 Å². The summed E-state index contributed by atoms with van der Waals surface area (Å²) in [5.74, 6) is 2.58. The smallest absolute Gasteiger partial charge is 0.223 e. The van der Waals surface area contributed by atoms with Crippen molar-refractivity contribution in [2.75, 3.05) is 37.7 Å². The second-order valence-electron chi connectivity index (χ2n) is 7.56. The Balaban J connectivity index is 1.17. The van der Waals surface area contributed by atoms with E-state index in [1.54, 1.807) is 11.3 Å². The van der Waals surface area contributed by atoms with Crippen LogP contribution in [0.4, 0.5) is 5.82 Å². The highest BCUT2D eigenvalue weighted by molar-refractivity contribution is 7.13. The van der Waals surface area contributed by atoms with E-state index in [-0.39, 0.29) is 11.8 Å². The Morgan fingerprint density at radius 3 is 2.44 bits per heavy atom. The van der Waals surface area contributed by atoms with Crippen molar-refractivity contribution in [2.24, 2.45) is 5.92 Å². The molecule has 0 bridgehead atoms. The van der Waals surface area contributed by atoms with Gasteiger partial charge in [-0.3, -0.25) is 4.79 Å². The SMILES string of the molecule is CCOc1ccc(OCCNC(=O)C2CCN(c3ccc(-c4cccs4)nn3)CC2)cc1. The fraction of sp³-hybridized carbons (Fsp3) is 0.375. The van der Waals surface area contributed by atoms with Gasteiger partial charge in [-0.2, -0.15) is 0 Å². The van der Waals surface area contributed by atoms with Crippen molar-refractivity contribution >= 4 is 23.1 Å². The molecule has 0 radical (unpaired) electrons. The Labute approximate surface area is 192 Å². The van der Waals surface area contributed by atoms with E-state index in [1.807, 2.05) is 60.8 Å². The summed E-state index contributed by atoms with van der Waals surface area (Å²) in [6.07, 6.45) is 1.61. The number of hydrogen-bond acceptors (Lipinski definition) is 7. The first-order chi connectivity index (χ1) is 15.7. The van der Waals surface area contributed by atoms with Gasteiger partial charge in [0.05, 0.1) is 18.0 Å². The number of aromatic nitrogens is 2. The van der Waals surface area contributed by atoms with Gasteiger partial charge >= 0.3 is 0 Å². The molecule has 1 amide bonds. The minimum absolute atomic E-state index is 0.0232. The van der Waals surface area contributed by atoms with Crippen molar-refractivity contribution in [1.29, 1.82) is 0 Å². The van der Waals surface area contributed by atoms with Crippen LogP contribution in [0.15, 0.2) is 53.9 Å². The number of carbonyl (C=O) groups excluding carboxylic acids is 1. The Bertz CT molecular complexity index is 969. The predicted octanol–water partition coefficient (Wildman–Crippen LogP) is 4.02. The number of hydrogen-bond donors (Lipinski definition) is 1. The van der Waals surface area contributed by atoms with Crippen molar-refractivity contribution < 1.29 is 14.3 Å². The third kappa shape index (κ3) is 5.76. The van der Waals surface area contributed by atoms with Gasteiger partial charge in [-0.15, -0.1) is 21.5 Å². The predicted molar refractivity (Wildman–Crippen MR) is 126 cm³/mol. The maximum Gasteiger partial charge on any atom is 0.223 e. The van der Waals surface area contributed by atoms with Crippen LogP contribution in [0.1, 0.15) is 19.8 Å². The number of rotatable bonds is 9. The maximum atomic E-state index is 12.5. The van der Waals surface area contributed by atoms with Gasteiger partial charge in [-0.25, -0.2) is 0 Å². The lowest BCUT2D eigenvalue weighted by atomic mass is 9.96. The number of ether oxygens (including phenoxy) is 2. The van der Waals surface area contributed by atoms with E-state index in [0.717, 1.165) is 53.8 Å². The Hall–Kier alpha value is -3.13. The van der Waals surface area contributed by atoms with Crippen LogP contribution in [-0.2, 0) is 4.79 Å². The van der Waals surface area contributed by atoms with Crippen LogP contribution >= 0.6 is 11.3 Å². The summed E-state index contributed by atoms with van der Waals surface area (Å²) in [4.78, 5) is 15.8. The van der Waals surface area contributed by atoms with Gasteiger partial charge in [0.15, 0.2) is 5.82 Å². The molecule has 168 valence electrons. The molecule has 4 rings (SSSR count). The number of anilines is 1. The van der Waals surface area contributed by atoms with E-state index in [1.165, 1.54) is 0 Å². The number of carbonyl (C=O) groups is 1. The third-order valence-corrected chi connectivity index (χ3v) is 6.31. The molecular weight excluding hydrogens is 424 g/mol. The largest absolute Gasteiger partial charge is 0.494 e. The van der Waals surface area contributed by atoms with Crippen LogP contribution in [0.2, 0.25) is 0 Å². The molecule has 7 nitrogen and oxygen atoms in total. The summed E-state index contributed by atoms with van der Waals surface area (Å²) in [6.45, 7) is 5.11. The summed E-state index contributed by atoms with van der Waals surface area (Å²) in [5.41, 5.74) is 0.894. The highest BCUT2D eigenvalue weighted by Gasteiger charge is 2.25. The summed E-state index contributed by atoms with van der Waals surface area (Å²) < 4.78 is 11.1. The number of thiophene rings is 1. The number of nitrogens with zero attached hydrogens (tertiary/aromatic N) is 3. The molecule has 1 aliphatic heterocycles. The molecule has 1 N–H and O–H groups in total. The van der Waals surface area contributed by atoms with Gasteiger partial charge in [-0.05, 0) is 67.6 Å². The molecule has 0 spiro atoms. The van der Waals surface area contributed by atoms with Crippen LogP contribution in [0.25, 0.3) is 10.6 Å². The molecule has 1 saturated heterocycles. The zero-order valence-electron chi connectivity index (χ0n) is 18.2. The van der Waals surface area contributed by atoms with Crippen LogP contribution < -0.4 is 19.7 Å². The minimum atomic E-state index is 0.0232. The maximum absolute atomic E-state index is 12.5. The van der Waals surface area contributed by atoms with Gasteiger partial charge < -0.3 is 19.7 Å². The lowest BCUT2D eigenvalue weighted by Crippen LogP contribution is -2.41. The van der Waals surface area contributed by atoms with Crippen molar-refractivity contribution in [3.63, 3.8) is 0 Å². The third-order valence-electron chi connectivity index (χ3n) is 5.42. The van der Waals surface area contributed by atoms with Crippen LogP contribution in [0, 0.1) is 5.92 Å². The normalized spacial score (nSPS) is 14.2. The molecule has 1 fully saturated rings. The Morgan fingerprint density at radius 1 is 1.06 bits per heavy atom. The quantitative estimate of drug-likeness (QED) is 0.494. The molecule has 1 aliphatic rings. The van der Waals surface area contributed by atoms with E-state index in [2.05, 4.69) is 20.4 Å². The van der Waals surface area contributed by atoms with Crippen molar-refractivity contribution in [1.82, 2.24) is 15.5 Å². The van der Waals surface area contributed by atoms with Crippen molar-refractivity contribution in [3.05, 3.63) is 53.9 Å². The summed E-state index contributed by atoms with van der Waals surface area (Å²) in [5, 5.41) is 13.8. The number of piperidine rings is 1. The van der Waals surface area contributed by atoms with Gasteiger partial charge in [0.25, 0.3) is 0 Å². The van der Waals surface area contributed by atoms with E-state index >= 15 is 0 Å². The van der Waals surface area contributed by atoms with E-state index in [9.17, 15) is 4.79 Å². The summed E-state index contributed by atoms with van der Waals surface area (Å²) in [6, 6.07) is 15.6. The highest BCUT2D eigenvalue weighted by Crippen LogP contribution is 2.25. The average Bonchev–Trinajstić information content (AvgIpc) is 3.38.